The quantitative estimate of drug-likeness (QED) is 0.783. The first-order chi connectivity index (χ1) is 9.80. The molecule has 1 aromatic rings. The third kappa shape index (κ3) is 3.45. The smallest absolute Gasteiger partial charge is 0.123 e. The number of unbranched alkanes of at least 4 members (excludes halogenated alkanes) is 1. The minimum Gasteiger partial charge on any atom is -0.497 e. The first-order valence-corrected chi connectivity index (χ1v) is 7.76. The van der Waals surface area contributed by atoms with E-state index in [0.717, 1.165) is 11.5 Å². The van der Waals surface area contributed by atoms with E-state index in [-0.39, 0.29) is 0 Å². The zero-order valence-electron chi connectivity index (χ0n) is 13.0. The number of hydrogen-bond acceptors (Lipinski definition) is 3. The summed E-state index contributed by atoms with van der Waals surface area (Å²) in [4.78, 5) is 2.62. The van der Waals surface area contributed by atoms with E-state index in [4.69, 9.17) is 9.47 Å². The second kappa shape index (κ2) is 7.53. The zero-order valence-corrected chi connectivity index (χ0v) is 13.0. The lowest BCUT2D eigenvalue weighted by Gasteiger charge is -2.36. The summed E-state index contributed by atoms with van der Waals surface area (Å²) < 4.78 is 11.0. The third-order valence-corrected chi connectivity index (χ3v) is 4.21. The van der Waals surface area contributed by atoms with Gasteiger partial charge in [-0.25, -0.2) is 0 Å². The Hall–Kier alpha value is -1.22. The number of likely N-dealkylation sites (tertiary alicyclic amines) is 1. The highest BCUT2D eigenvalue weighted by Gasteiger charge is 2.26. The third-order valence-electron chi connectivity index (χ3n) is 4.21. The topological polar surface area (TPSA) is 21.7 Å². The number of nitrogens with zero attached hydrogens (tertiary/aromatic N) is 1. The van der Waals surface area contributed by atoms with Crippen LogP contribution in [0, 0.1) is 0 Å². The molecule has 0 radical (unpaired) electrons. The maximum atomic E-state index is 5.57. The summed E-state index contributed by atoms with van der Waals surface area (Å²) in [6.07, 6.45) is 6.34. The first-order valence-electron chi connectivity index (χ1n) is 7.76. The molecule has 0 amide bonds. The number of benzene rings is 1. The molecule has 0 bridgehead atoms. The van der Waals surface area contributed by atoms with Gasteiger partial charge >= 0.3 is 0 Å². The Bertz CT molecular complexity index is 419. The van der Waals surface area contributed by atoms with Crippen LogP contribution in [0.2, 0.25) is 0 Å². The van der Waals surface area contributed by atoms with Gasteiger partial charge in [0.25, 0.3) is 0 Å². The van der Waals surface area contributed by atoms with Gasteiger partial charge in [-0.2, -0.15) is 0 Å². The summed E-state index contributed by atoms with van der Waals surface area (Å²) in [7, 11) is 3.48. The van der Waals surface area contributed by atoms with Gasteiger partial charge in [0, 0.05) is 11.6 Å². The molecule has 2 rings (SSSR count). The summed E-state index contributed by atoms with van der Waals surface area (Å²) in [5.74, 6) is 1.90. The SMILES string of the molecule is CCCCN1CCCC[C@H]1c1cc(OC)ccc1OC. The minimum atomic E-state index is 0.473. The summed E-state index contributed by atoms with van der Waals surface area (Å²) in [6, 6.07) is 6.62. The van der Waals surface area contributed by atoms with Crippen LogP contribution >= 0.6 is 0 Å². The van der Waals surface area contributed by atoms with Crippen LogP contribution in [0.1, 0.15) is 50.6 Å². The Morgan fingerprint density at radius 1 is 1.20 bits per heavy atom. The van der Waals surface area contributed by atoms with Crippen molar-refractivity contribution in [3.8, 4) is 11.5 Å². The van der Waals surface area contributed by atoms with Gasteiger partial charge in [0.15, 0.2) is 0 Å². The molecule has 0 aliphatic carbocycles. The molecule has 0 unspecified atom stereocenters. The van der Waals surface area contributed by atoms with Crippen LogP contribution in [0.3, 0.4) is 0 Å². The lowest BCUT2D eigenvalue weighted by atomic mass is 9.94. The summed E-state index contributed by atoms with van der Waals surface area (Å²) in [5, 5.41) is 0. The Kier molecular flexibility index (Phi) is 5.72. The maximum absolute atomic E-state index is 5.57. The van der Waals surface area contributed by atoms with Crippen molar-refractivity contribution in [1.29, 1.82) is 0 Å². The van der Waals surface area contributed by atoms with Gasteiger partial charge < -0.3 is 9.47 Å². The zero-order chi connectivity index (χ0) is 14.4. The van der Waals surface area contributed by atoms with Crippen molar-refractivity contribution >= 4 is 0 Å². The molecule has 20 heavy (non-hydrogen) atoms. The molecule has 3 heteroatoms. The lowest BCUT2D eigenvalue weighted by Crippen LogP contribution is -2.34. The molecule has 1 aliphatic heterocycles. The van der Waals surface area contributed by atoms with E-state index in [1.807, 2.05) is 12.1 Å². The number of piperidine rings is 1. The fraction of sp³-hybridized carbons (Fsp3) is 0.647. The molecule has 0 spiro atoms. The highest BCUT2D eigenvalue weighted by atomic mass is 16.5. The molecule has 0 N–H and O–H groups in total. The monoisotopic (exact) mass is 277 g/mol. The summed E-state index contributed by atoms with van der Waals surface area (Å²) >= 11 is 0. The van der Waals surface area contributed by atoms with E-state index in [9.17, 15) is 0 Å². The van der Waals surface area contributed by atoms with Gasteiger partial charge in [0.1, 0.15) is 11.5 Å². The molecule has 1 fully saturated rings. The van der Waals surface area contributed by atoms with Gasteiger partial charge in [-0.3, -0.25) is 4.90 Å². The van der Waals surface area contributed by atoms with Crippen molar-refractivity contribution in [2.45, 2.75) is 45.1 Å². The van der Waals surface area contributed by atoms with Crippen LogP contribution < -0.4 is 9.47 Å². The average molecular weight is 277 g/mol. The second-order valence-corrected chi connectivity index (χ2v) is 5.51. The lowest BCUT2D eigenvalue weighted by molar-refractivity contribution is 0.144. The van der Waals surface area contributed by atoms with Crippen LogP contribution in [0.25, 0.3) is 0 Å². The molecule has 3 nitrogen and oxygen atoms in total. The van der Waals surface area contributed by atoms with E-state index < -0.39 is 0 Å². The molecule has 1 aliphatic rings. The minimum absolute atomic E-state index is 0.473. The van der Waals surface area contributed by atoms with E-state index in [1.165, 1.54) is 50.8 Å². The van der Waals surface area contributed by atoms with Crippen molar-refractivity contribution in [2.24, 2.45) is 0 Å². The standard InChI is InChI=1S/C17H27NO2/c1-4-5-11-18-12-7-6-8-16(18)15-13-14(19-2)9-10-17(15)20-3/h9-10,13,16H,4-8,11-12H2,1-3H3/t16-/m0/s1. The van der Waals surface area contributed by atoms with E-state index >= 15 is 0 Å². The number of ether oxygens (including phenoxy) is 2. The molecule has 1 heterocycles. The van der Waals surface area contributed by atoms with Crippen LogP contribution in [-0.4, -0.2) is 32.2 Å². The normalized spacial score (nSPS) is 19.9. The van der Waals surface area contributed by atoms with Gasteiger partial charge in [-0.05, 0) is 50.6 Å². The largest absolute Gasteiger partial charge is 0.497 e. The highest BCUT2D eigenvalue weighted by molar-refractivity contribution is 5.42. The molecule has 1 atom stereocenters. The van der Waals surface area contributed by atoms with Gasteiger partial charge in [0.2, 0.25) is 0 Å². The summed E-state index contributed by atoms with van der Waals surface area (Å²) in [6.45, 7) is 4.64. The Morgan fingerprint density at radius 3 is 2.75 bits per heavy atom. The van der Waals surface area contributed by atoms with E-state index in [0.29, 0.717) is 6.04 Å². The van der Waals surface area contributed by atoms with Gasteiger partial charge in [-0.1, -0.05) is 19.8 Å². The van der Waals surface area contributed by atoms with Crippen molar-refractivity contribution in [1.82, 2.24) is 4.90 Å². The molecule has 1 aromatic carbocycles. The average Bonchev–Trinajstić information content (AvgIpc) is 2.52. The number of hydrogen-bond donors (Lipinski definition) is 0. The van der Waals surface area contributed by atoms with Crippen LogP contribution in [0.5, 0.6) is 11.5 Å². The molecule has 112 valence electrons. The molecule has 0 aromatic heterocycles. The van der Waals surface area contributed by atoms with Crippen molar-refractivity contribution in [3.63, 3.8) is 0 Å². The van der Waals surface area contributed by atoms with Gasteiger partial charge in [0.05, 0.1) is 14.2 Å². The molecule has 0 saturated carbocycles. The molecule has 1 saturated heterocycles. The van der Waals surface area contributed by atoms with E-state index in [2.05, 4.69) is 17.9 Å². The summed E-state index contributed by atoms with van der Waals surface area (Å²) in [5.41, 5.74) is 1.28. The van der Waals surface area contributed by atoms with Crippen LogP contribution in [-0.2, 0) is 0 Å². The first kappa shape index (κ1) is 15.2. The highest BCUT2D eigenvalue weighted by Crippen LogP contribution is 2.38. The predicted molar refractivity (Wildman–Crippen MR) is 82.6 cm³/mol. The molecular weight excluding hydrogens is 250 g/mol. The Morgan fingerprint density at radius 2 is 2.05 bits per heavy atom. The Balaban J connectivity index is 2.25. The number of methoxy groups -OCH3 is 2. The van der Waals surface area contributed by atoms with Crippen molar-refractivity contribution in [2.75, 3.05) is 27.3 Å². The van der Waals surface area contributed by atoms with Crippen LogP contribution in [0.15, 0.2) is 18.2 Å². The predicted octanol–water partition coefficient (Wildman–Crippen LogP) is 4.03. The fourth-order valence-corrected chi connectivity index (χ4v) is 3.07. The second-order valence-electron chi connectivity index (χ2n) is 5.51. The fourth-order valence-electron chi connectivity index (χ4n) is 3.07. The maximum Gasteiger partial charge on any atom is 0.123 e. The Labute approximate surface area is 122 Å². The van der Waals surface area contributed by atoms with Crippen LogP contribution in [0.4, 0.5) is 0 Å². The van der Waals surface area contributed by atoms with Gasteiger partial charge in [-0.15, -0.1) is 0 Å². The molecular formula is C17H27NO2. The van der Waals surface area contributed by atoms with Crippen molar-refractivity contribution < 1.29 is 9.47 Å². The van der Waals surface area contributed by atoms with Crippen molar-refractivity contribution in [3.05, 3.63) is 23.8 Å². The van der Waals surface area contributed by atoms with E-state index in [1.54, 1.807) is 14.2 Å². The number of rotatable bonds is 6.